The summed E-state index contributed by atoms with van der Waals surface area (Å²) in [5, 5.41) is 0. The van der Waals surface area contributed by atoms with Gasteiger partial charge in [-0.15, -0.1) is 0 Å². The summed E-state index contributed by atoms with van der Waals surface area (Å²) in [5.41, 5.74) is 8.41. The van der Waals surface area contributed by atoms with Gasteiger partial charge >= 0.3 is 0 Å². The highest BCUT2D eigenvalue weighted by Crippen LogP contribution is 2.28. The second-order valence-electron chi connectivity index (χ2n) is 6.42. The minimum Gasteiger partial charge on any atom is -0.328 e. The van der Waals surface area contributed by atoms with Gasteiger partial charge in [0.2, 0.25) is 5.91 Å². The first kappa shape index (κ1) is 14.5. The van der Waals surface area contributed by atoms with Gasteiger partial charge < -0.3 is 10.6 Å². The molecule has 114 valence electrons. The normalized spacial score (nSPS) is 23.9. The van der Waals surface area contributed by atoms with Gasteiger partial charge in [0.05, 0.1) is 6.54 Å². The van der Waals surface area contributed by atoms with Crippen molar-refractivity contribution in [2.75, 3.05) is 31.1 Å². The maximum Gasteiger partial charge on any atom is 0.241 e. The number of carbonyl (C=O) groups is 1. The molecule has 2 aliphatic heterocycles. The van der Waals surface area contributed by atoms with Gasteiger partial charge in [0.15, 0.2) is 0 Å². The van der Waals surface area contributed by atoms with E-state index in [0.717, 1.165) is 38.2 Å². The Morgan fingerprint density at radius 1 is 1.38 bits per heavy atom. The number of hydrogen-bond acceptors (Lipinski definition) is 3. The fraction of sp³-hybridized carbons (Fsp3) is 0.588. The number of carbonyl (C=O) groups excluding carboxylic acids is 1. The molecule has 2 N–H and O–H groups in total. The molecule has 0 spiro atoms. The third kappa shape index (κ3) is 3.11. The average Bonchev–Trinajstić information content (AvgIpc) is 2.91. The topological polar surface area (TPSA) is 49.6 Å². The summed E-state index contributed by atoms with van der Waals surface area (Å²) >= 11 is 0. The summed E-state index contributed by atoms with van der Waals surface area (Å²) in [6, 6.07) is 8.45. The van der Waals surface area contributed by atoms with Crippen molar-refractivity contribution in [3.8, 4) is 0 Å². The van der Waals surface area contributed by atoms with Crippen molar-refractivity contribution in [2.24, 2.45) is 11.7 Å². The minimum absolute atomic E-state index is 0.218. The maximum absolute atomic E-state index is 12.6. The molecule has 0 aromatic heterocycles. The van der Waals surface area contributed by atoms with Crippen molar-refractivity contribution >= 4 is 11.6 Å². The summed E-state index contributed by atoms with van der Waals surface area (Å²) in [7, 11) is 0. The van der Waals surface area contributed by atoms with Gasteiger partial charge in [0.25, 0.3) is 0 Å². The predicted octanol–water partition coefficient (Wildman–Crippen LogP) is 1.63. The van der Waals surface area contributed by atoms with E-state index in [2.05, 4.69) is 24.0 Å². The molecule has 4 nitrogen and oxygen atoms in total. The van der Waals surface area contributed by atoms with Crippen molar-refractivity contribution in [3.05, 3.63) is 29.8 Å². The molecule has 1 amide bonds. The van der Waals surface area contributed by atoms with E-state index in [1.54, 1.807) is 0 Å². The Kier molecular flexibility index (Phi) is 4.27. The molecule has 4 heteroatoms. The van der Waals surface area contributed by atoms with Gasteiger partial charge in [-0.2, -0.15) is 0 Å². The molecule has 0 radical (unpaired) electrons. The summed E-state index contributed by atoms with van der Waals surface area (Å²) in [6.45, 7) is 5.40. The van der Waals surface area contributed by atoms with Crippen LogP contribution in [0.5, 0.6) is 0 Å². The SMILES string of the molecule is CC(N)C1CCCN(CC(=O)N2CCc3ccccc32)C1. The second kappa shape index (κ2) is 6.16. The van der Waals surface area contributed by atoms with E-state index >= 15 is 0 Å². The zero-order chi connectivity index (χ0) is 14.8. The highest BCUT2D eigenvalue weighted by molar-refractivity contribution is 5.96. The van der Waals surface area contributed by atoms with Crippen molar-refractivity contribution in [3.63, 3.8) is 0 Å². The van der Waals surface area contributed by atoms with Crippen LogP contribution in [0.25, 0.3) is 0 Å². The Hall–Kier alpha value is -1.39. The molecule has 1 saturated heterocycles. The number of nitrogens with two attached hydrogens (primary N) is 1. The number of nitrogens with zero attached hydrogens (tertiary/aromatic N) is 2. The molecule has 0 saturated carbocycles. The zero-order valence-corrected chi connectivity index (χ0v) is 12.8. The van der Waals surface area contributed by atoms with Crippen molar-refractivity contribution < 1.29 is 4.79 Å². The van der Waals surface area contributed by atoms with Gasteiger partial charge in [-0.05, 0) is 50.3 Å². The van der Waals surface area contributed by atoms with Crippen LogP contribution in [0.15, 0.2) is 24.3 Å². The van der Waals surface area contributed by atoms with Gasteiger partial charge in [-0.25, -0.2) is 0 Å². The highest BCUT2D eigenvalue weighted by Gasteiger charge is 2.28. The second-order valence-corrected chi connectivity index (χ2v) is 6.42. The quantitative estimate of drug-likeness (QED) is 0.919. The van der Waals surface area contributed by atoms with E-state index in [9.17, 15) is 4.79 Å². The summed E-state index contributed by atoms with van der Waals surface area (Å²) < 4.78 is 0. The third-order valence-corrected chi connectivity index (χ3v) is 4.83. The monoisotopic (exact) mass is 287 g/mol. The molecule has 2 unspecified atom stereocenters. The lowest BCUT2D eigenvalue weighted by atomic mass is 9.92. The molecular weight excluding hydrogens is 262 g/mol. The van der Waals surface area contributed by atoms with E-state index in [-0.39, 0.29) is 11.9 Å². The number of hydrogen-bond donors (Lipinski definition) is 1. The number of likely N-dealkylation sites (tertiary alicyclic amines) is 1. The first-order valence-electron chi connectivity index (χ1n) is 8.01. The van der Waals surface area contributed by atoms with Crippen LogP contribution in [0.3, 0.4) is 0 Å². The Labute approximate surface area is 126 Å². The van der Waals surface area contributed by atoms with Crippen LogP contribution < -0.4 is 10.6 Å². The third-order valence-electron chi connectivity index (χ3n) is 4.83. The largest absolute Gasteiger partial charge is 0.328 e. The average molecular weight is 287 g/mol. The van der Waals surface area contributed by atoms with Gasteiger partial charge in [0, 0.05) is 24.8 Å². The van der Waals surface area contributed by atoms with E-state index in [1.165, 1.54) is 12.0 Å². The maximum atomic E-state index is 12.6. The lowest BCUT2D eigenvalue weighted by Crippen LogP contribution is -2.47. The van der Waals surface area contributed by atoms with Gasteiger partial charge in [-0.3, -0.25) is 9.69 Å². The number of fused-ring (bicyclic) bond motifs is 1. The summed E-state index contributed by atoms with van der Waals surface area (Å²) in [6.07, 6.45) is 3.31. The standard InChI is InChI=1S/C17H25N3O/c1-13(18)15-6-4-9-19(11-15)12-17(21)20-10-8-14-5-2-3-7-16(14)20/h2-3,5,7,13,15H,4,6,8-12,18H2,1H3. The van der Waals surface area contributed by atoms with Crippen molar-refractivity contribution in [1.29, 1.82) is 0 Å². The van der Waals surface area contributed by atoms with Crippen LogP contribution in [0, 0.1) is 5.92 Å². The smallest absolute Gasteiger partial charge is 0.241 e. The molecule has 1 fully saturated rings. The number of anilines is 1. The highest BCUT2D eigenvalue weighted by atomic mass is 16.2. The van der Waals surface area contributed by atoms with Crippen LogP contribution >= 0.6 is 0 Å². The molecule has 21 heavy (non-hydrogen) atoms. The predicted molar refractivity (Wildman–Crippen MR) is 85.3 cm³/mol. The zero-order valence-electron chi connectivity index (χ0n) is 12.8. The Morgan fingerprint density at radius 3 is 3.00 bits per heavy atom. The minimum atomic E-state index is 0.218. The van der Waals surface area contributed by atoms with Crippen LogP contribution in [0.1, 0.15) is 25.3 Å². The molecule has 2 atom stereocenters. The first-order valence-corrected chi connectivity index (χ1v) is 8.01. The number of amides is 1. The Balaban J connectivity index is 1.62. The molecule has 1 aromatic rings. The molecule has 0 bridgehead atoms. The molecular formula is C17H25N3O. The summed E-state index contributed by atoms with van der Waals surface area (Å²) in [4.78, 5) is 16.8. The van der Waals surface area contributed by atoms with Crippen molar-refractivity contribution in [2.45, 2.75) is 32.2 Å². The number of para-hydroxylation sites is 1. The fourth-order valence-corrected chi connectivity index (χ4v) is 3.54. The van der Waals surface area contributed by atoms with E-state index in [0.29, 0.717) is 12.5 Å². The molecule has 1 aromatic carbocycles. The first-order chi connectivity index (χ1) is 10.1. The van der Waals surface area contributed by atoms with Crippen LogP contribution in [-0.4, -0.2) is 43.0 Å². The molecule has 2 heterocycles. The number of benzene rings is 1. The lowest BCUT2D eigenvalue weighted by Gasteiger charge is -2.35. The van der Waals surface area contributed by atoms with Crippen LogP contribution in [-0.2, 0) is 11.2 Å². The van der Waals surface area contributed by atoms with Crippen LogP contribution in [0.4, 0.5) is 5.69 Å². The van der Waals surface area contributed by atoms with E-state index < -0.39 is 0 Å². The number of piperidine rings is 1. The van der Waals surface area contributed by atoms with Gasteiger partial charge in [-0.1, -0.05) is 18.2 Å². The van der Waals surface area contributed by atoms with Crippen molar-refractivity contribution in [1.82, 2.24) is 4.90 Å². The molecule has 2 aliphatic rings. The Bertz CT molecular complexity index is 515. The molecule has 3 rings (SSSR count). The van der Waals surface area contributed by atoms with E-state index in [4.69, 9.17) is 5.73 Å². The Morgan fingerprint density at radius 2 is 2.19 bits per heavy atom. The van der Waals surface area contributed by atoms with E-state index in [1.807, 2.05) is 17.0 Å². The number of rotatable bonds is 3. The van der Waals surface area contributed by atoms with Gasteiger partial charge in [0.1, 0.15) is 0 Å². The van der Waals surface area contributed by atoms with Crippen LogP contribution in [0.2, 0.25) is 0 Å². The fourth-order valence-electron chi connectivity index (χ4n) is 3.54. The lowest BCUT2D eigenvalue weighted by molar-refractivity contribution is -0.120. The summed E-state index contributed by atoms with van der Waals surface area (Å²) in [5.74, 6) is 0.752. The molecule has 0 aliphatic carbocycles.